The van der Waals surface area contributed by atoms with Crippen molar-refractivity contribution in [1.82, 2.24) is 0 Å². The van der Waals surface area contributed by atoms with Crippen molar-refractivity contribution in [1.29, 1.82) is 5.26 Å². The molecule has 1 atom stereocenters. The van der Waals surface area contributed by atoms with Crippen LogP contribution in [-0.2, 0) is 4.74 Å². The molecule has 0 saturated carbocycles. The molecule has 0 fully saturated rings. The molecule has 0 N–H and O–H groups in total. The average molecular weight is 252 g/mol. The van der Waals surface area contributed by atoms with Gasteiger partial charge in [-0.2, -0.15) is 5.26 Å². The Kier molecular flexibility index (Phi) is 4.24. The number of ketones is 1. The van der Waals surface area contributed by atoms with Crippen molar-refractivity contribution in [3.8, 4) is 6.07 Å². The van der Waals surface area contributed by atoms with Crippen LogP contribution >= 0.6 is 11.6 Å². The van der Waals surface area contributed by atoms with Gasteiger partial charge in [-0.3, -0.25) is 4.79 Å². The van der Waals surface area contributed by atoms with Gasteiger partial charge in [-0.15, -0.1) is 11.6 Å². The summed E-state index contributed by atoms with van der Waals surface area (Å²) in [4.78, 5) is 23.0. The highest BCUT2D eigenvalue weighted by Crippen LogP contribution is 2.14. The molecule has 88 valence electrons. The summed E-state index contributed by atoms with van der Waals surface area (Å²) in [5.74, 6) is -0.938. The second-order valence-corrected chi connectivity index (χ2v) is 4.04. The van der Waals surface area contributed by atoms with Gasteiger partial charge in [0.05, 0.1) is 29.7 Å². The topological polar surface area (TPSA) is 67.2 Å². The van der Waals surface area contributed by atoms with Gasteiger partial charge in [0, 0.05) is 5.56 Å². The standard InChI is InChI=1S/C12H10ClNO3/c1-7(13)11(15)9-3-8(6-14)4-10(5-9)12(16)17-2/h3-5,7H,1-2H3. The Bertz CT molecular complexity index is 503. The number of halogens is 1. The van der Waals surface area contributed by atoms with Crippen LogP contribution in [0.25, 0.3) is 0 Å². The summed E-state index contributed by atoms with van der Waals surface area (Å²) in [7, 11) is 1.23. The molecule has 0 saturated heterocycles. The number of nitriles is 1. The monoisotopic (exact) mass is 251 g/mol. The first-order valence-corrected chi connectivity index (χ1v) is 5.25. The minimum absolute atomic E-state index is 0.159. The summed E-state index contributed by atoms with van der Waals surface area (Å²) in [5.41, 5.74) is 0.604. The first-order chi connectivity index (χ1) is 7.99. The van der Waals surface area contributed by atoms with Gasteiger partial charge in [-0.1, -0.05) is 0 Å². The van der Waals surface area contributed by atoms with Gasteiger partial charge < -0.3 is 4.74 Å². The van der Waals surface area contributed by atoms with E-state index in [1.165, 1.54) is 32.2 Å². The lowest BCUT2D eigenvalue weighted by Crippen LogP contribution is -2.12. The fourth-order valence-electron chi connectivity index (χ4n) is 1.30. The van der Waals surface area contributed by atoms with Crippen molar-refractivity contribution >= 4 is 23.4 Å². The van der Waals surface area contributed by atoms with Crippen LogP contribution in [0.4, 0.5) is 0 Å². The maximum absolute atomic E-state index is 11.7. The zero-order valence-electron chi connectivity index (χ0n) is 9.36. The Balaban J connectivity index is 3.29. The minimum atomic E-state index is -0.713. The molecule has 0 aliphatic carbocycles. The van der Waals surface area contributed by atoms with E-state index in [1.807, 2.05) is 6.07 Å². The molecule has 0 radical (unpaired) electrons. The Hall–Kier alpha value is -1.86. The number of esters is 1. The van der Waals surface area contributed by atoms with E-state index < -0.39 is 11.3 Å². The van der Waals surface area contributed by atoms with Crippen LogP contribution in [0.5, 0.6) is 0 Å². The van der Waals surface area contributed by atoms with Gasteiger partial charge in [0.2, 0.25) is 0 Å². The summed E-state index contributed by atoms with van der Waals surface area (Å²) in [6.07, 6.45) is 0. The van der Waals surface area contributed by atoms with Crippen LogP contribution < -0.4 is 0 Å². The molecule has 1 aromatic carbocycles. The largest absolute Gasteiger partial charge is 0.465 e. The third kappa shape index (κ3) is 3.05. The molecule has 1 aromatic rings. The summed E-state index contributed by atoms with van der Waals surface area (Å²) in [6.45, 7) is 1.53. The lowest BCUT2D eigenvalue weighted by Gasteiger charge is -2.06. The summed E-state index contributed by atoms with van der Waals surface area (Å²) in [6, 6.07) is 6.01. The number of nitrogens with zero attached hydrogens (tertiary/aromatic N) is 1. The molecule has 1 unspecified atom stereocenters. The number of benzene rings is 1. The minimum Gasteiger partial charge on any atom is -0.465 e. The van der Waals surface area contributed by atoms with Crippen molar-refractivity contribution < 1.29 is 14.3 Å². The second kappa shape index (κ2) is 5.46. The van der Waals surface area contributed by atoms with Gasteiger partial charge in [0.25, 0.3) is 0 Å². The second-order valence-electron chi connectivity index (χ2n) is 3.38. The van der Waals surface area contributed by atoms with Gasteiger partial charge in [0.1, 0.15) is 0 Å². The number of alkyl halides is 1. The molecule has 0 aliphatic rings. The smallest absolute Gasteiger partial charge is 0.337 e. The number of carbonyl (C=O) groups excluding carboxylic acids is 2. The molecule has 0 heterocycles. The van der Waals surface area contributed by atoms with Gasteiger partial charge in [0.15, 0.2) is 5.78 Å². The van der Waals surface area contributed by atoms with E-state index in [2.05, 4.69) is 4.74 Å². The average Bonchev–Trinajstić information content (AvgIpc) is 2.35. The van der Waals surface area contributed by atoms with E-state index >= 15 is 0 Å². The van der Waals surface area contributed by atoms with Crippen LogP contribution in [0.3, 0.4) is 0 Å². The molecule has 17 heavy (non-hydrogen) atoms. The van der Waals surface area contributed by atoms with E-state index in [1.54, 1.807) is 0 Å². The van der Waals surface area contributed by atoms with Crippen LogP contribution in [0, 0.1) is 11.3 Å². The van der Waals surface area contributed by atoms with Crippen LogP contribution in [-0.4, -0.2) is 24.2 Å². The van der Waals surface area contributed by atoms with Gasteiger partial charge >= 0.3 is 5.97 Å². The molecular weight excluding hydrogens is 242 g/mol. The first kappa shape index (κ1) is 13.2. The Morgan fingerprint density at radius 3 is 2.41 bits per heavy atom. The predicted molar refractivity (Wildman–Crippen MR) is 62.1 cm³/mol. The van der Waals surface area contributed by atoms with E-state index in [9.17, 15) is 9.59 Å². The summed E-state index contributed by atoms with van der Waals surface area (Å²) < 4.78 is 4.54. The number of carbonyl (C=O) groups is 2. The van der Waals surface area contributed by atoms with Crippen molar-refractivity contribution in [2.75, 3.05) is 7.11 Å². The highest BCUT2D eigenvalue weighted by molar-refractivity contribution is 6.33. The predicted octanol–water partition coefficient (Wildman–Crippen LogP) is 2.15. The zero-order valence-corrected chi connectivity index (χ0v) is 10.1. The van der Waals surface area contributed by atoms with E-state index in [4.69, 9.17) is 16.9 Å². The normalized spacial score (nSPS) is 11.4. The summed E-state index contributed by atoms with van der Waals surface area (Å²) >= 11 is 5.68. The molecule has 5 heteroatoms. The van der Waals surface area contributed by atoms with E-state index in [0.717, 1.165) is 0 Å². The molecule has 0 aromatic heterocycles. The zero-order chi connectivity index (χ0) is 13.0. The number of hydrogen-bond donors (Lipinski definition) is 0. The highest BCUT2D eigenvalue weighted by Gasteiger charge is 2.16. The number of ether oxygens (including phenoxy) is 1. The van der Waals surface area contributed by atoms with Crippen molar-refractivity contribution in [2.24, 2.45) is 0 Å². The quantitative estimate of drug-likeness (QED) is 0.469. The maximum Gasteiger partial charge on any atom is 0.337 e. The molecule has 0 aliphatic heterocycles. The maximum atomic E-state index is 11.7. The molecular formula is C12H10ClNO3. The van der Waals surface area contributed by atoms with Crippen molar-refractivity contribution in [3.63, 3.8) is 0 Å². The van der Waals surface area contributed by atoms with Gasteiger partial charge in [-0.25, -0.2) is 4.79 Å². The van der Waals surface area contributed by atoms with E-state index in [0.29, 0.717) is 0 Å². The third-order valence-electron chi connectivity index (χ3n) is 2.13. The molecule has 0 spiro atoms. The fourth-order valence-corrected chi connectivity index (χ4v) is 1.43. The number of methoxy groups -OCH3 is 1. The number of Topliss-reactive ketones (excluding diaryl/α,β-unsaturated/α-hetero) is 1. The van der Waals surface area contributed by atoms with Crippen molar-refractivity contribution in [3.05, 3.63) is 34.9 Å². The third-order valence-corrected chi connectivity index (χ3v) is 2.33. The van der Waals surface area contributed by atoms with Crippen LogP contribution in [0.2, 0.25) is 0 Å². The number of rotatable bonds is 3. The van der Waals surface area contributed by atoms with Gasteiger partial charge in [-0.05, 0) is 25.1 Å². The highest BCUT2D eigenvalue weighted by atomic mass is 35.5. The molecule has 0 amide bonds. The first-order valence-electron chi connectivity index (χ1n) is 4.81. The summed E-state index contributed by atoms with van der Waals surface area (Å²) in [5, 5.41) is 8.10. The Morgan fingerprint density at radius 2 is 1.94 bits per heavy atom. The lowest BCUT2D eigenvalue weighted by molar-refractivity contribution is 0.0600. The van der Waals surface area contributed by atoms with E-state index in [-0.39, 0.29) is 22.5 Å². The Labute approximate surface area is 104 Å². The Morgan fingerprint density at radius 1 is 1.35 bits per heavy atom. The van der Waals surface area contributed by atoms with Crippen molar-refractivity contribution in [2.45, 2.75) is 12.3 Å². The SMILES string of the molecule is COC(=O)c1cc(C#N)cc(C(=O)C(C)Cl)c1. The molecule has 0 bridgehead atoms. The fraction of sp³-hybridized carbons (Fsp3) is 0.250. The lowest BCUT2D eigenvalue weighted by atomic mass is 10.0. The molecule has 1 rings (SSSR count). The van der Waals surface area contributed by atoms with Crippen LogP contribution in [0.15, 0.2) is 18.2 Å². The molecule has 4 nitrogen and oxygen atoms in total. The number of hydrogen-bond acceptors (Lipinski definition) is 4. The van der Waals surface area contributed by atoms with Crippen LogP contribution in [0.1, 0.15) is 33.2 Å².